The van der Waals surface area contributed by atoms with Crippen molar-refractivity contribution >= 4 is 23.3 Å². The molecule has 25 heavy (non-hydrogen) atoms. The van der Waals surface area contributed by atoms with Gasteiger partial charge in [-0.3, -0.25) is 4.79 Å². The van der Waals surface area contributed by atoms with Gasteiger partial charge >= 0.3 is 0 Å². The van der Waals surface area contributed by atoms with E-state index in [0.717, 1.165) is 11.1 Å². The summed E-state index contributed by atoms with van der Waals surface area (Å²) in [5.41, 5.74) is 2.44. The molecule has 0 fully saturated rings. The number of aryl methyl sites for hydroxylation is 3. The summed E-state index contributed by atoms with van der Waals surface area (Å²) in [4.78, 5) is 16.8. The molecular formula is C18H19ClN4O2. The molecule has 1 amide bonds. The van der Waals surface area contributed by atoms with E-state index < -0.39 is 0 Å². The number of hydrogen-bond donors (Lipinski definition) is 1. The second-order valence-electron chi connectivity index (χ2n) is 5.79. The third-order valence-electron chi connectivity index (χ3n) is 3.83. The maximum atomic E-state index is 12.6. The van der Waals surface area contributed by atoms with Crippen LogP contribution in [0, 0.1) is 13.8 Å². The van der Waals surface area contributed by atoms with Crippen LogP contribution in [-0.2, 0) is 13.0 Å². The van der Waals surface area contributed by atoms with Crippen molar-refractivity contribution in [1.29, 1.82) is 0 Å². The summed E-state index contributed by atoms with van der Waals surface area (Å²) in [7, 11) is 0. The van der Waals surface area contributed by atoms with E-state index in [4.69, 9.17) is 16.0 Å². The van der Waals surface area contributed by atoms with Crippen LogP contribution in [-0.4, -0.2) is 20.7 Å². The van der Waals surface area contributed by atoms with E-state index in [1.54, 1.807) is 17.8 Å². The topological polar surface area (TPSA) is 73.0 Å². The fraction of sp³-hybridized carbons (Fsp3) is 0.278. The molecule has 0 spiro atoms. The highest BCUT2D eigenvalue weighted by Crippen LogP contribution is 2.20. The summed E-state index contributed by atoms with van der Waals surface area (Å²) in [6.07, 6.45) is 2.35. The molecule has 0 unspecified atom stereocenters. The van der Waals surface area contributed by atoms with Crippen LogP contribution in [0.25, 0.3) is 0 Å². The number of halogens is 1. The first-order chi connectivity index (χ1) is 12.0. The fourth-order valence-electron chi connectivity index (χ4n) is 2.55. The van der Waals surface area contributed by atoms with Crippen LogP contribution < -0.4 is 5.32 Å². The molecule has 7 heteroatoms. The van der Waals surface area contributed by atoms with Crippen molar-refractivity contribution in [2.45, 2.75) is 33.7 Å². The smallest absolute Gasteiger partial charge is 0.294 e. The first-order valence-corrected chi connectivity index (χ1v) is 8.40. The number of hydrogen-bond acceptors (Lipinski definition) is 4. The molecule has 6 nitrogen and oxygen atoms in total. The van der Waals surface area contributed by atoms with E-state index in [1.807, 2.05) is 38.1 Å². The van der Waals surface area contributed by atoms with Crippen molar-refractivity contribution in [3.63, 3.8) is 0 Å². The van der Waals surface area contributed by atoms with Crippen molar-refractivity contribution in [2.24, 2.45) is 0 Å². The van der Waals surface area contributed by atoms with Gasteiger partial charge in [0.1, 0.15) is 5.82 Å². The number of oxazole rings is 1. The van der Waals surface area contributed by atoms with Gasteiger partial charge in [0.15, 0.2) is 5.89 Å². The SMILES string of the molecule is CCc1nc(C)c(C(=O)Nc2c(C)cnn2Cc2cccc(Cl)c2)o1. The van der Waals surface area contributed by atoms with Gasteiger partial charge in [-0.25, -0.2) is 9.67 Å². The summed E-state index contributed by atoms with van der Waals surface area (Å²) >= 11 is 6.04. The minimum absolute atomic E-state index is 0.228. The van der Waals surface area contributed by atoms with Gasteiger partial charge in [0.2, 0.25) is 5.76 Å². The number of rotatable bonds is 5. The predicted molar refractivity (Wildman–Crippen MR) is 96.1 cm³/mol. The van der Waals surface area contributed by atoms with Crippen molar-refractivity contribution < 1.29 is 9.21 Å². The molecule has 0 bridgehead atoms. The molecule has 2 heterocycles. The van der Waals surface area contributed by atoms with E-state index in [-0.39, 0.29) is 11.7 Å². The number of aromatic nitrogens is 3. The molecule has 0 saturated carbocycles. The number of carbonyl (C=O) groups excluding carboxylic acids is 1. The molecule has 2 aromatic heterocycles. The lowest BCUT2D eigenvalue weighted by Gasteiger charge is -2.10. The molecule has 0 atom stereocenters. The number of benzene rings is 1. The zero-order valence-electron chi connectivity index (χ0n) is 14.3. The molecule has 0 saturated heterocycles. The van der Waals surface area contributed by atoms with Crippen LogP contribution in [0.15, 0.2) is 34.9 Å². The normalized spacial score (nSPS) is 10.9. The summed E-state index contributed by atoms with van der Waals surface area (Å²) in [5.74, 6) is 1.07. The number of amides is 1. The van der Waals surface area contributed by atoms with Gasteiger partial charge in [-0.2, -0.15) is 5.10 Å². The highest BCUT2D eigenvalue weighted by atomic mass is 35.5. The van der Waals surface area contributed by atoms with Crippen molar-refractivity contribution in [2.75, 3.05) is 5.32 Å². The summed E-state index contributed by atoms with van der Waals surface area (Å²) in [6.45, 7) is 6.08. The van der Waals surface area contributed by atoms with E-state index in [9.17, 15) is 4.79 Å². The molecule has 0 aliphatic carbocycles. The Bertz CT molecular complexity index is 914. The Kier molecular flexibility index (Phi) is 4.90. The zero-order chi connectivity index (χ0) is 18.0. The van der Waals surface area contributed by atoms with Gasteiger partial charge < -0.3 is 9.73 Å². The highest BCUT2D eigenvalue weighted by Gasteiger charge is 2.19. The van der Waals surface area contributed by atoms with Crippen LogP contribution in [0.4, 0.5) is 5.82 Å². The Labute approximate surface area is 150 Å². The molecule has 0 aliphatic rings. The average Bonchev–Trinajstić information content (AvgIpc) is 3.12. The van der Waals surface area contributed by atoms with Crippen LogP contribution >= 0.6 is 11.6 Å². The van der Waals surface area contributed by atoms with Crippen LogP contribution in [0.3, 0.4) is 0 Å². The maximum Gasteiger partial charge on any atom is 0.294 e. The third kappa shape index (κ3) is 3.74. The van der Waals surface area contributed by atoms with Gasteiger partial charge in [-0.1, -0.05) is 30.7 Å². The first-order valence-electron chi connectivity index (χ1n) is 8.02. The maximum absolute atomic E-state index is 12.6. The minimum Gasteiger partial charge on any atom is -0.435 e. The Morgan fingerprint density at radius 1 is 1.36 bits per heavy atom. The Hall–Kier alpha value is -2.60. The van der Waals surface area contributed by atoms with E-state index in [0.29, 0.717) is 35.4 Å². The van der Waals surface area contributed by atoms with Crippen molar-refractivity contribution in [3.05, 3.63) is 64.0 Å². The van der Waals surface area contributed by atoms with E-state index in [2.05, 4.69) is 15.4 Å². The lowest BCUT2D eigenvalue weighted by Crippen LogP contribution is -2.17. The van der Waals surface area contributed by atoms with Crippen molar-refractivity contribution in [1.82, 2.24) is 14.8 Å². The van der Waals surface area contributed by atoms with Crippen molar-refractivity contribution in [3.8, 4) is 0 Å². The van der Waals surface area contributed by atoms with Gasteiger partial charge in [0.05, 0.1) is 18.4 Å². The first kappa shape index (κ1) is 17.2. The molecule has 130 valence electrons. The number of nitrogens with zero attached hydrogens (tertiary/aromatic N) is 3. The average molecular weight is 359 g/mol. The molecule has 1 aromatic carbocycles. The van der Waals surface area contributed by atoms with Crippen LogP contribution in [0.5, 0.6) is 0 Å². The second-order valence-corrected chi connectivity index (χ2v) is 6.23. The lowest BCUT2D eigenvalue weighted by atomic mass is 10.2. The number of nitrogens with one attached hydrogen (secondary N) is 1. The lowest BCUT2D eigenvalue weighted by molar-refractivity contribution is 0.0993. The summed E-state index contributed by atoms with van der Waals surface area (Å²) in [6, 6.07) is 7.54. The second kappa shape index (κ2) is 7.11. The minimum atomic E-state index is -0.333. The van der Waals surface area contributed by atoms with Gasteiger partial charge in [-0.15, -0.1) is 0 Å². The van der Waals surface area contributed by atoms with Crippen LogP contribution in [0.1, 0.15) is 40.2 Å². The number of carbonyl (C=O) groups is 1. The Morgan fingerprint density at radius 2 is 2.16 bits per heavy atom. The third-order valence-corrected chi connectivity index (χ3v) is 4.06. The molecule has 1 N–H and O–H groups in total. The molecule has 3 rings (SSSR count). The molecule has 0 radical (unpaired) electrons. The summed E-state index contributed by atoms with van der Waals surface area (Å²) < 4.78 is 7.25. The summed E-state index contributed by atoms with van der Waals surface area (Å²) in [5, 5.41) is 7.89. The predicted octanol–water partition coefficient (Wildman–Crippen LogP) is 4.00. The van der Waals surface area contributed by atoms with E-state index >= 15 is 0 Å². The standard InChI is InChI=1S/C18H19ClN4O2/c1-4-15-21-12(3)16(25-15)18(24)22-17-11(2)9-20-23(17)10-13-6-5-7-14(19)8-13/h5-9H,4,10H2,1-3H3,(H,22,24). The zero-order valence-corrected chi connectivity index (χ0v) is 15.1. The Balaban J connectivity index is 1.84. The highest BCUT2D eigenvalue weighted by molar-refractivity contribution is 6.30. The molecule has 0 aliphatic heterocycles. The van der Waals surface area contributed by atoms with E-state index in [1.165, 1.54) is 0 Å². The van der Waals surface area contributed by atoms with Crippen LogP contribution in [0.2, 0.25) is 5.02 Å². The van der Waals surface area contributed by atoms with Gasteiger partial charge in [0, 0.05) is 17.0 Å². The number of anilines is 1. The monoisotopic (exact) mass is 358 g/mol. The Morgan fingerprint density at radius 3 is 2.84 bits per heavy atom. The molecule has 3 aromatic rings. The van der Waals surface area contributed by atoms with Gasteiger partial charge in [-0.05, 0) is 31.5 Å². The molecular weight excluding hydrogens is 340 g/mol. The van der Waals surface area contributed by atoms with Gasteiger partial charge in [0.25, 0.3) is 5.91 Å². The quantitative estimate of drug-likeness (QED) is 0.748. The fourth-order valence-corrected chi connectivity index (χ4v) is 2.76. The largest absolute Gasteiger partial charge is 0.435 e.